The van der Waals surface area contributed by atoms with Crippen LogP contribution < -0.4 is 20.7 Å². The summed E-state index contributed by atoms with van der Waals surface area (Å²) in [6, 6.07) is 14.3. The molecule has 0 radical (unpaired) electrons. The van der Waals surface area contributed by atoms with Crippen LogP contribution in [0.25, 0.3) is 0 Å². The predicted molar refractivity (Wildman–Crippen MR) is 123 cm³/mol. The SMILES string of the molecule is CCOCCOc1cccc(NC(=O)CNc2cccc(C(=O)NCC3CCCO3)c2)c1. The van der Waals surface area contributed by atoms with Gasteiger partial charge in [0, 0.05) is 42.8 Å². The van der Waals surface area contributed by atoms with Crippen molar-refractivity contribution in [3.8, 4) is 5.75 Å². The fraction of sp³-hybridized carbons (Fsp3) is 0.417. The lowest BCUT2D eigenvalue weighted by Gasteiger charge is -2.12. The molecule has 8 heteroatoms. The van der Waals surface area contributed by atoms with E-state index < -0.39 is 0 Å². The maximum Gasteiger partial charge on any atom is 0.251 e. The van der Waals surface area contributed by atoms with Crippen molar-refractivity contribution in [2.24, 2.45) is 0 Å². The number of ether oxygens (including phenoxy) is 3. The second-order valence-electron chi connectivity index (χ2n) is 7.40. The number of amides is 2. The monoisotopic (exact) mass is 441 g/mol. The third-order valence-corrected chi connectivity index (χ3v) is 4.91. The number of hydrogen-bond donors (Lipinski definition) is 3. The molecule has 1 unspecified atom stereocenters. The van der Waals surface area contributed by atoms with E-state index in [0.717, 1.165) is 19.4 Å². The van der Waals surface area contributed by atoms with Gasteiger partial charge in [0.05, 0.1) is 19.3 Å². The van der Waals surface area contributed by atoms with E-state index in [2.05, 4.69) is 16.0 Å². The highest BCUT2D eigenvalue weighted by Gasteiger charge is 2.16. The molecule has 32 heavy (non-hydrogen) atoms. The first-order chi connectivity index (χ1) is 15.6. The van der Waals surface area contributed by atoms with Gasteiger partial charge in [-0.05, 0) is 50.1 Å². The quantitative estimate of drug-likeness (QED) is 0.438. The molecular formula is C24H31N3O5. The Morgan fingerprint density at radius 1 is 1.09 bits per heavy atom. The molecule has 8 nitrogen and oxygen atoms in total. The average molecular weight is 442 g/mol. The summed E-state index contributed by atoms with van der Waals surface area (Å²) in [6.45, 7) is 4.88. The molecule has 1 fully saturated rings. The van der Waals surface area contributed by atoms with E-state index in [0.29, 0.717) is 49.1 Å². The summed E-state index contributed by atoms with van der Waals surface area (Å²) < 4.78 is 16.4. The van der Waals surface area contributed by atoms with Gasteiger partial charge in [0.15, 0.2) is 0 Å². The highest BCUT2D eigenvalue weighted by atomic mass is 16.5. The van der Waals surface area contributed by atoms with E-state index >= 15 is 0 Å². The van der Waals surface area contributed by atoms with E-state index in [9.17, 15) is 9.59 Å². The molecule has 1 saturated heterocycles. The van der Waals surface area contributed by atoms with Crippen LogP contribution >= 0.6 is 0 Å². The zero-order valence-corrected chi connectivity index (χ0v) is 18.4. The molecule has 2 aromatic rings. The molecule has 0 bridgehead atoms. The topological polar surface area (TPSA) is 97.9 Å². The lowest BCUT2D eigenvalue weighted by molar-refractivity contribution is -0.114. The Morgan fingerprint density at radius 3 is 2.75 bits per heavy atom. The standard InChI is InChI=1S/C24H31N3O5/c1-2-30-12-13-32-21-9-4-8-20(15-21)27-23(28)17-25-19-7-3-6-18(14-19)24(29)26-16-22-10-5-11-31-22/h3-4,6-9,14-15,22,25H,2,5,10-13,16-17H2,1H3,(H,26,29)(H,27,28). The van der Waals surface area contributed by atoms with Gasteiger partial charge in [-0.15, -0.1) is 0 Å². The van der Waals surface area contributed by atoms with Crippen LogP contribution in [0, 0.1) is 0 Å². The Bertz CT molecular complexity index is 883. The van der Waals surface area contributed by atoms with Crippen molar-refractivity contribution in [1.82, 2.24) is 5.32 Å². The molecule has 1 heterocycles. The number of anilines is 2. The van der Waals surface area contributed by atoms with Crippen LogP contribution in [0.3, 0.4) is 0 Å². The Hall–Kier alpha value is -3.10. The zero-order valence-electron chi connectivity index (χ0n) is 18.4. The third-order valence-electron chi connectivity index (χ3n) is 4.91. The molecule has 2 amide bonds. The smallest absolute Gasteiger partial charge is 0.251 e. The minimum atomic E-state index is -0.204. The number of carbonyl (C=O) groups is 2. The molecular weight excluding hydrogens is 410 g/mol. The minimum Gasteiger partial charge on any atom is -0.491 e. The Labute approximate surface area is 188 Å². The molecule has 0 spiro atoms. The molecule has 1 atom stereocenters. The largest absolute Gasteiger partial charge is 0.491 e. The Balaban J connectivity index is 1.44. The summed E-state index contributed by atoms with van der Waals surface area (Å²) in [5, 5.41) is 8.79. The maximum absolute atomic E-state index is 12.4. The third kappa shape index (κ3) is 7.86. The summed E-state index contributed by atoms with van der Waals surface area (Å²) in [6.07, 6.45) is 2.10. The van der Waals surface area contributed by atoms with Gasteiger partial charge in [-0.1, -0.05) is 12.1 Å². The molecule has 3 N–H and O–H groups in total. The number of rotatable bonds is 12. The summed E-state index contributed by atoms with van der Waals surface area (Å²) in [5.74, 6) is 0.302. The van der Waals surface area contributed by atoms with E-state index in [-0.39, 0.29) is 24.5 Å². The fourth-order valence-corrected chi connectivity index (χ4v) is 3.30. The maximum atomic E-state index is 12.4. The molecule has 0 aliphatic carbocycles. The number of benzene rings is 2. The lowest BCUT2D eigenvalue weighted by atomic mass is 10.1. The van der Waals surface area contributed by atoms with E-state index in [4.69, 9.17) is 14.2 Å². The fourth-order valence-electron chi connectivity index (χ4n) is 3.30. The summed E-state index contributed by atoms with van der Waals surface area (Å²) >= 11 is 0. The second kappa shape index (κ2) is 12.7. The number of nitrogens with one attached hydrogen (secondary N) is 3. The Morgan fingerprint density at radius 2 is 1.94 bits per heavy atom. The molecule has 2 aromatic carbocycles. The van der Waals surface area contributed by atoms with Gasteiger partial charge in [0.25, 0.3) is 5.91 Å². The van der Waals surface area contributed by atoms with Gasteiger partial charge in [-0.25, -0.2) is 0 Å². The molecule has 3 rings (SSSR count). The first-order valence-electron chi connectivity index (χ1n) is 11.0. The number of carbonyl (C=O) groups excluding carboxylic acids is 2. The van der Waals surface area contributed by atoms with Crippen molar-refractivity contribution < 1.29 is 23.8 Å². The highest BCUT2D eigenvalue weighted by Crippen LogP contribution is 2.17. The van der Waals surface area contributed by atoms with Crippen molar-refractivity contribution in [2.45, 2.75) is 25.9 Å². The molecule has 1 aliphatic heterocycles. The first kappa shape index (κ1) is 23.6. The van der Waals surface area contributed by atoms with E-state index in [1.165, 1.54) is 0 Å². The summed E-state index contributed by atoms with van der Waals surface area (Å²) in [5.41, 5.74) is 1.87. The van der Waals surface area contributed by atoms with Crippen LogP contribution in [0.1, 0.15) is 30.1 Å². The molecule has 1 aliphatic rings. The lowest BCUT2D eigenvalue weighted by Crippen LogP contribution is -2.31. The van der Waals surface area contributed by atoms with Crippen LogP contribution in [0.5, 0.6) is 5.75 Å². The van der Waals surface area contributed by atoms with Gasteiger partial charge in [0.1, 0.15) is 12.4 Å². The predicted octanol–water partition coefficient (Wildman–Crippen LogP) is 3.06. The van der Waals surface area contributed by atoms with Crippen molar-refractivity contribution in [2.75, 3.05) is 50.2 Å². The normalized spacial score (nSPS) is 15.2. The zero-order chi connectivity index (χ0) is 22.6. The number of hydrogen-bond acceptors (Lipinski definition) is 6. The van der Waals surface area contributed by atoms with E-state index in [1.807, 2.05) is 25.1 Å². The second-order valence-corrected chi connectivity index (χ2v) is 7.40. The van der Waals surface area contributed by atoms with Crippen LogP contribution in [-0.2, 0) is 14.3 Å². The molecule has 0 aromatic heterocycles. The van der Waals surface area contributed by atoms with Crippen LogP contribution in [-0.4, -0.2) is 57.4 Å². The average Bonchev–Trinajstić information content (AvgIpc) is 3.33. The molecule has 172 valence electrons. The van der Waals surface area contributed by atoms with Crippen molar-refractivity contribution in [1.29, 1.82) is 0 Å². The van der Waals surface area contributed by atoms with Crippen molar-refractivity contribution >= 4 is 23.2 Å². The van der Waals surface area contributed by atoms with Gasteiger partial charge >= 0.3 is 0 Å². The Kier molecular flexibility index (Phi) is 9.34. The van der Waals surface area contributed by atoms with E-state index in [1.54, 1.807) is 30.3 Å². The summed E-state index contributed by atoms with van der Waals surface area (Å²) in [4.78, 5) is 24.7. The minimum absolute atomic E-state index is 0.0659. The van der Waals surface area contributed by atoms with Gasteiger partial charge < -0.3 is 30.2 Å². The van der Waals surface area contributed by atoms with Crippen LogP contribution in [0.2, 0.25) is 0 Å². The molecule has 0 saturated carbocycles. The van der Waals surface area contributed by atoms with Crippen molar-refractivity contribution in [3.05, 3.63) is 54.1 Å². The van der Waals surface area contributed by atoms with Crippen LogP contribution in [0.15, 0.2) is 48.5 Å². The van der Waals surface area contributed by atoms with Gasteiger partial charge in [0.2, 0.25) is 5.91 Å². The van der Waals surface area contributed by atoms with Crippen LogP contribution in [0.4, 0.5) is 11.4 Å². The first-order valence-corrected chi connectivity index (χ1v) is 11.0. The highest BCUT2D eigenvalue weighted by molar-refractivity contribution is 5.96. The van der Waals surface area contributed by atoms with Crippen molar-refractivity contribution in [3.63, 3.8) is 0 Å². The summed E-state index contributed by atoms with van der Waals surface area (Å²) in [7, 11) is 0. The van der Waals surface area contributed by atoms with Gasteiger partial charge in [-0.2, -0.15) is 0 Å². The van der Waals surface area contributed by atoms with Gasteiger partial charge in [-0.3, -0.25) is 9.59 Å².